The predicted octanol–water partition coefficient (Wildman–Crippen LogP) is 2.28. The summed E-state index contributed by atoms with van der Waals surface area (Å²) in [5, 5.41) is 7.16. The van der Waals surface area contributed by atoms with E-state index in [2.05, 4.69) is 20.6 Å². The van der Waals surface area contributed by atoms with Crippen molar-refractivity contribution in [3.8, 4) is 0 Å². The highest BCUT2D eigenvalue weighted by atomic mass is 32.2. The summed E-state index contributed by atoms with van der Waals surface area (Å²) in [4.78, 5) is 10.9. The van der Waals surface area contributed by atoms with Gasteiger partial charge in [0.05, 0.1) is 11.1 Å². The van der Waals surface area contributed by atoms with Crippen LogP contribution in [0.1, 0.15) is 18.7 Å². The molecule has 0 saturated heterocycles. The van der Waals surface area contributed by atoms with Gasteiger partial charge in [-0.3, -0.25) is 0 Å². The molecule has 0 saturated carbocycles. The SMILES string of the molecule is CCNc1nc(NCCS(=O)(=O)CC)c2cc(C)sc2n1. The first-order chi connectivity index (χ1) is 9.95. The van der Waals surface area contributed by atoms with Crippen LogP contribution in [0.4, 0.5) is 11.8 Å². The summed E-state index contributed by atoms with van der Waals surface area (Å²) in [6.07, 6.45) is 0. The zero-order valence-electron chi connectivity index (χ0n) is 12.4. The molecule has 21 heavy (non-hydrogen) atoms. The van der Waals surface area contributed by atoms with Gasteiger partial charge in [-0.1, -0.05) is 6.92 Å². The minimum absolute atomic E-state index is 0.106. The lowest BCUT2D eigenvalue weighted by atomic mass is 10.3. The number of fused-ring (bicyclic) bond motifs is 1. The maximum absolute atomic E-state index is 11.5. The lowest BCUT2D eigenvalue weighted by Gasteiger charge is -2.09. The van der Waals surface area contributed by atoms with Crippen LogP contribution in [0.25, 0.3) is 10.2 Å². The summed E-state index contributed by atoms with van der Waals surface area (Å²) >= 11 is 1.60. The Kier molecular flexibility index (Phi) is 5.00. The summed E-state index contributed by atoms with van der Waals surface area (Å²) in [7, 11) is -2.98. The van der Waals surface area contributed by atoms with Crippen molar-refractivity contribution in [2.45, 2.75) is 20.8 Å². The van der Waals surface area contributed by atoms with E-state index >= 15 is 0 Å². The quantitative estimate of drug-likeness (QED) is 0.811. The number of rotatable bonds is 7. The zero-order chi connectivity index (χ0) is 15.5. The number of anilines is 2. The van der Waals surface area contributed by atoms with Gasteiger partial charge < -0.3 is 10.6 Å². The zero-order valence-corrected chi connectivity index (χ0v) is 14.1. The van der Waals surface area contributed by atoms with Crippen LogP contribution in [0.15, 0.2) is 6.07 Å². The van der Waals surface area contributed by atoms with Crippen LogP contribution >= 0.6 is 11.3 Å². The van der Waals surface area contributed by atoms with Crippen molar-refractivity contribution in [1.82, 2.24) is 9.97 Å². The summed E-state index contributed by atoms with van der Waals surface area (Å²) in [6.45, 7) is 6.74. The molecule has 2 rings (SSSR count). The molecule has 0 radical (unpaired) electrons. The Morgan fingerprint density at radius 1 is 1.24 bits per heavy atom. The van der Waals surface area contributed by atoms with Crippen molar-refractivity contribution in [3.63, 3.8) is 0 Å². The molecule has 116 valence electrons. The molecule has 2 aromatic rings. The average Bonchev–Trinajstić information content (AvgIpc) is 2.79. The van der Waals surface area contributed by atoms with Crippen LogP contribution in [0.5, 0.6) is 0 Å². The van der Waals surface area contributed by atoms with E-state index in [0.29, 0.717) is 18.3 Å². The van der Waals surface area contributed by atoms with E-state index in [1.807, 2.05) is 19.9 Å². The van der Waals surface area contributed by atoms with E-state index in [4.69, 9.17) is 0 Å². The molecule has 2 heterocycles. The van der Waals surface area contributed by atoms with E-state index < -0.39 is 9.84 Å². The Hall–Kier alpha value is -1.41. The first-order valence-corrected chi connectivity index (χ1v) is 9.55. The molecule has 0 fully saturated rings. The van der Waals surface area contributed by atoms with Crippen molar-refractivity contribution < 1.29 is 8.42 Å². The highest BCUT2D eigenvalue weighted by Gasteiger charge is 2.12. The highest BCUT2D eigenvalue weighted by molar-refractivity contribution is 7.91. The molecule has 0 spiro atoms. The third kappa shape index (κ3) is 4.04. The predicted molar refractivity (Wildman–Crippen MR) is 89.1 cm³/mol. The van der Waals surface area contributed by atoms with E-state index in [1.54, 1.807) is 18.3 Å². The molecule has 0 aliphatic carbocycles. The topological polar surface area (TPSA) is 84.0 Å². The third-order valence-electron chi connectivity index (χ3n) is 3.00. The van der Waals surface area contributed by atoms with Gasteiger partial charge in [0.25, 0.3) is 0 Å². The number of thiophene rings is 1. The molecule has 0 aliphatic rings. The number of hydrogen-bond donors (Lipinski definition) is 2. The molecule has 0 amide bonds. The number of aromatic nitrogens is 2. The maximum atomic E-state index is 11.5. The van der Waals surface area contributed by atoms with Crippen LogP contribution in [0.2, 0.25) is 0 Å². The van der Waals surface area contributed by atoms with Gasteiger partial charge in [0, 0.05) is 23.7 Å². The standard InChI is InChI=1S/C13H20N4O2S2/c1-4-14-13-16-11(15-6-7-21(18,19)5-2)10-8-9(3)20-12(10)17-13/h8H,4-7H2,1-3H3,(H2,14,15,16,17). The Balaban J connectivity index is 2.24. The fraction of sp³-hybridized carbons (Fsp3) is 0.538. The molecule has 0 aliphatic heterocycles. The maximum Gasteiger partial charge on any atom is 0.226 e. The van der Waals surface area contributed by atoms with E-state index in [-0.39, 0.29) is 11.5 Å². The highest BCUT2D eigenvalue weighted by Crippen LogP contribution is 2.29. The van der Waals surface area contributed by atoms with Crippen molar-refractivity contribution >= 4 is 43.2 Å². The van der Waals surface area contributed by atoms with Gasteiger partial charge in [0.15, 0.2) is 9.84 Å². The average molecular weight is 328 g/mol. The minimum Gasteiger partial charge on any atom is -0.368 e. The van der Waals surface area contributed by atoms with Crippen LogP contribution in [-0.4, -0.2) is 43.0 Å². The molecule has 0 aromatic carbocycles. The third-order valence-corrected chi connectivity index (χ3v) is 5.65. The first-order valence-electron chi connectivity index (χ1n) is 6.91. The normalized spacial score (nSPS) is 11.8. The van der Waals surface area contributed by atoms with Gasteiger partial charge in [-0.2, -0.15) is 4.98 Å². The molecule has 0 atom stereocenters. The summed E-state index contributed by atoms with van der Waals surface area (Å²) in [5.41, 5.74) is 0. The van der Waals surface area contributed by atoms with Gasteiger partial charge in [0.2, 0.25) is 5.95 Å². The lowest BCUT2D eigenvalue weighted by Crippen LogP contribution is -2.18. The molecule has 0 unspecified atom stereocenters. The first kappa shape index (κ1) is 16.0. The number of hydrogen-bond acceptors (Lipinski definition) is 7. The largest absolute Gasteiger partial charge is 0.368 e. The number of aryl methyl sites for hydroxylation is 1. The molecule has 0 bridgehead atoms. The Labute approximate surface area is 128 Å². The molecular weight excluding hydrogens is 308 g/mol. The summed E-state index contributed by atoms with van der Waals surface area (Å²) in [5.74, 6) is 1.52. The summed E-state index contributed by atoms with van der Waals surface area (Å²) < 4.78 is 23.1. The number of sulfone groups is 1. The van der Waals surface area contributed by atoms with Crippen LogP contribution in [0, 0.1) is 6.92 Å². The molecule has 6 nitrogen and oxygen atoms in total. The van der Waals surface area contributed by atoms with E-state index in [9.17, 15) is 8.42 Å². The van der Waals surface area contributed by atoms with Gasteiger partial charge >= 0.3 is 0 Å². The summed E-state index contributed by atoms with van der Waals surface area (Å²) in [6, 6.07) is 2.02. The second-order valence-electron chi connectivity index (χ2n) is 4.67. The van der Waals surface area contributed by atoms with Crippen molar-refractivity contribution in [2.75, 3.05) is 35.2 Å². The molecular formula is C13H20N4O2S2. The van der Waals surface area contributed by atoms with Crippen molar-refractivity contribution in [3.05, 3.63) is 10.9 Å². The minimum atomic E-state index is -2.98. The van der Waals surface area contributed by atoms with Crippen LogP contribution in [-0.2, 0) is 9.84 Å². The fourth-order valence-electron chi connectivity index (χ4n) is 1.88. The smallest absolute Gasteiger partial charge is 0.226 e. The second kappa shape index (κ2) is 6.57. The molecule has 2 N–H and O–H groups in total. The van der Waals surface area contributed by atoms with Gasteiger partial charge in [-0.15, -0.1) is 11.3 Å². The van der Waals surface area contributed by atoms with Gasteiger partial charge in [-0.05, 0) is 19.9 Å². The van der Waals surface area contributed by atoms with Gasteiger partial charge in [-0.25, -0.2) is 13.4 Å². The fourth-order valence-corrected chi connectivity index (χ4v) is 3.46. The Morgan fingerprint density at radius 2 is 2.00 bits per heavy atom. The monoisotopic (exact) mass is 328 g/mol. The lowest BCUT2D eigenvalue weighted by molar-refractivity contribution is 0.597. The number of nitrogens with one attached hydrogen (secondary N) is 2. The Morgan fingerprint density at radius 3 is 2.67 bits per heavy atom. The van der Waals surface area contributed by atoms with Gasteiger partial charge in [0.1, 0.15) is 10.6 Å². The van der Waals surface area contributed by atoms with E-state index in [0.717, 1.165) is 21.6 Å². The molecule has 2 aromatic heterocycles. The van der Waals surface area contributed by atoms with Crippen LogP contribution < -0.4 is 10.6 Å². The molecule has 8 heteroatoms. The van der Waals surface area contributed by atoms with E-state index in [1.165, 1.54) is 0 Å². The van der Waals surface area contributed by atoms with Crippen LogP contribution in [0.3, 0.4) is 0 Å². The Bertz CT molecular complexity index is 725. The van der Waals surface area contributed by atoms with Crippen molar-refractivity contribution in [2.24, 2.45) is 0 Å². The van der Waals surface area contributed by atoms with Crippen molar-refractivity contribution in [1.29, 1.82) is 0 Å². The number of nitrogens with zero attached hydrogens (tertiary/aromatic N) is 2. The second-order valence-corrected chi connectivity index (χ2v) is 8.37.